The highest BCUT2D eigenvalue weighted by Gasteiger charge is 2.56. The highest BCUT2D eigenvalue weighted by Crippen LogP contribution is 2.55. The van der Waals surface area contributed by atoms with Gasteiger partial charge in [0.1, 0.15) is 5.75 Å². The van der Waals surface area contributed by atoms with Crippen molar-refractivity contribution in [3.8, 4) is 5.75 Å². The number of carbonyl (C=O) groups excluding carboxylic acids is 4. The van der Waals surface area contributed by atoms with E-state index in [0.29, 0.717) is 22.3 Å². The quantitative estimate of drug-likeness (QED) is 0.366. The second-order valence-corrected chi connectivity index (χ2v) is 10.2. The molecule has 2 amide bonds. The number of carbonyl (C=O) groups is 5. The van der Waals surface area contributed by atoms with Crippen molar-refractivity contribution >= 4 is 35.0 Å². The van der Waals surface area contributed by atoms with Gasteiger partial charge in [0, 0.05) is 22.6 Å². The average Bonchev–Trinajstić information content (AvgIpc) is 3.15. The Morgan fingerprint density at radius 1 is 0.974 bits per heavy atom. The third kappa shape index (κ3) is 3.40. The van der Waals surface area contributed by atoms with Crippen LogP contribution in [0.4, 0.5) is 5.69 Å². The van der Waals surface area contributed by atoms with E-state index in [0.717, 1.165) is 10.5 Å². The van der Waals surface area contributed by atoms with Gasteiger partial charge in [-0.2, -0.15) is 0 Å². The van der Waals surface area contributed by atoms with Crippen LogP contribution in [0, 0.1) is 17.8 Å². The Balaban J connectivity index is 1.47. The van der Waals surface area contributed by atoms with Crippen LogP contribution in [0.3, 0.4) is 0 Å². The van der Waals surface area contributed by atoms with Gasteiger partial charge in [0.2, 0.25) is 11.8 Å². The SMILES string of the molecule is CC1=CC(=O)C2=C(C[C@@H]3C(=CC[C@@H]4C(=O)N(c5cccc(C(=O)O)c5)C(=O)[C@@H]43)[C@@H]2c2cccc(O)c2)C1=O. The molecule has 2 aromatic carbocycles. The first-order valence-electron chi connectivity index (χ1n) is 12.4. The van der Waals surface area contributed by atoms with Crippen LogP contribution in [-0.2, 0) is 19.2 Å². The van der Waals surface area contributed by atoms with Crippen LogP contribution in [0.25, 0.3) is 0 Å². The number of aromatic hydroxyl groups is 1. The van der Waals surface area contributed by atoms with Gasteiger partial charge in [-0.1, -0.05) is 29.8 Å². The zero-order valence-corrected chi connectivity index (χ0v) is 20.4. The molecule has 190 valence electrons. The molecule has 4 atom stereocenters. The first-order chi connectivity index (χ1) is 18.2. The number of carboxylic acid groups (broad SMARTS) is 1. The fourth-order valence-corrected chi connectivity index (χ4v) is 6.50. The van der Waals surface area contributed by atoms with Gasteiger partial charge in [-0.3, -0.25) is 24.1 Å². The largest absolute Gasteiger partial charge is 0.508 e. The summed E-state index contributed by atoms with van der Waals surface area (Å²) in [5.41, 5.74) is 2.59. The Morgan fingerprint density at radius 3 is 2.47 bits per heavy atom. The Bertz CT molecular complexity index is 1580. The number of phenolic OH excluding ortho intramolecular Hbond substituents is 1. The maximum absolute atomic E-state index is 13.9. The molecular weight excluding hydrogens is 486 g/mol. The van der Waals surface area contributed by atoms with E-state index in [9.17, 15) is 34.2 Å². The second kappa shape index (κ2) is 8.48. The maximum Gasteiger partial charge on any atom is 0.335 e. The third-order valence-electron chi connectivity index (χ3n) is 8.12. The van der Waals surface area contributed by atoms with Gasteiger partial charge in [-0.15, -0.1) is 0 Å². The minimum atomic E-state index is -1.17. The van der Waals surface area contributed by atoms with Crippen LogP contribution in [0.5, 0.6) is 5.75 Å². The molecule has 2 N–H and O–H groups in total. The minimum absolute atomic E-state index is 0.0129. The van der Waals surface area contributed by atoms with Gasteiger partial charge >= 0.3 is 5.97 Å². The normalized spacial score (nSPS) is 26.5. The molecule has 1 fully saturated rings. The number of aromatic carboxylic acids is 1. The van der Waals surface area contributed by atoms with Crippen LogP contribution in [0.1, 0.15) is 41.6 Å². The Labute approximate surface area is 217 Å². The van der Waals surface area contributed by atoms with Crippen molar-refractivity contribution in [2.24, 2.45) is 17.8 Å². The molecule has 38 heavy (non-hydrogen) atoms. The summed E-state index contributed by atoms with van der Waals surface area (Å²) in [4.78, 5) is 66.5. The van der Waals surface area contributed by atoms with Crippen molar-refractivity contribution in [1.82, 2.24) is 0 Å². The highest BCUT2D eigenvalue weighted by atomic mass is 16.4. The molecule has 4 aliphatic rings. The molecule has 6 rings (SSSR count). The molecule has 0 spiro atoms. The van der Waals surface area contributed by atoms with Gasteiger partial charge in [0.15, 0.2) is 11.6 Å². The summed E-state index contributed by atoms with van der Waals surface area (Å²) < 4.78 is 0. The lowest BCUT2D eigenvalue weighted by atomic mass is 9.59. The number of imide groups is 1. The third-order valence-corrected chi connectivity index (χ3v) is 8.12. The number of ketones is 2. The Morgan fingerprint density at radius 2 is 1.74 bits per heavy atom. The molecule has 3 aliphatic carbocycles. The van der Waals surface area contributed by atoms with Crippen molar-refractivity contribution in [2.75, 3.05) is 4.90 Å². The molecule has 0 radical (unpaired) electrons. The number of fused-ring (bicyclic) bond motifs is 3. The van der Waals surface area contributed by atoms with Crippen LogP contribution >= 0.6 is 0 Å². The Hall–Kier alpha value is -4.59. The first kappa shape index (κ1) is 23.8. The molecule has 1 saturated heterocycles. The van der Waals surface area contributed by atoms with E-state index in [-0.39, 0.29) is 41.4 Å². The lowest BCUT2D eigenvalue weighted by molar-refractivity contribution is -0.123. The number of nitrogens with zero attached hydrogens (tertiary/aromatic N) is 1. The number of rotatable bonds is 3. The summed E-state index contributed by atoms with van der Waals surface area (Å²) in [6.45, 7) is 1.59. The number of amides is 2. The average molecular weight is 510 g/mol. The number of carboxylic acids is 1. The zero-order valence-electron chi connectivity index (χ0n) is 20.4. The summed E-state index contributed by atoms with van der Waals surface area (Å²) in [5, 5.41) is 19.6. The highest BCUT2D eigenvalue weighted by molar-refractivity contribution is 6.25. The number of phenols is 1. The predicted octanol–water partition coefficient (Wildman–Crippen LogP) is 3.72. The molecule has 8 heteroatoms. The number of anilines is 1. The lowest BCUT2D eigenvalue weighted by Crippen LogP contribution is -2.39. The van der Waals surface area contributed by atoms with Gasteiger partial charge in [-0.25, -0.2) is 4.79 Å². The monoisotopic (exact) mass is 509 g/mol. The van der Waals surface area contributed by atoms with Gasteiger partial charge in [0.25, 0.3) is 0 Å². The first-order valence-corrected chi connectivity index (χ1v) is 12.4. The molecule has 1 heterocycles. The molecule has 2 aromatic rings. The topological polar surface area (TPSA) is 129 Å². The van der Waals surface area contributed by atoms with Gasteiger partial charge < -0.3 is 10.2 Å². The second-order valence-electron chi connectivity index (χ2n) is 10.2. The van der Waals surface area contributed by atoms with Crippen LogP contribution in [0.15, 0.2) is 83.0 Å². The number of benzene rings is 2. The number of hydrogen-bond acceptors (Lipinski definition) is 6. The molecule has 0 saturated carbocycles. The fraction of sp³-hybridized carbons (Fsp3) is 0.233. The Kier molecular flexibility index (Phi) is 5.31. The summed E-state index contributed by atoms with van der Waals surface area (Å²) in [6, 6.07) is 12.2. The van der Waals surface area contributed by atoms with E-state index in [1.165, 1.54) is 36.4 Å². The van der Waals surface area contributed by atoms with Crippen molar-refractivity contribution in [3.05, 3.63) is 94.1 Å². The lowest BCUT2D eigenvalue weighted by Gasteiger charge is -2.42. The fourth-order valence-electron chi connectivity index (χ4n) is 6.50. The van der Waals surface area contributed by atoms with Crippen molar-refractivity contribution in [2.45, 2.75) is 25.7 Å². The molecular formula is C30H23NO7. The summed E-state index contributed by atoms with van der Waals surface area (Å²) >= 11 is 0. The standard InChI is InChI=1S/C30H23NO7/c1-14-10-23(33)26-22(27(14)34)13-21-19(24(26)15-4-3-7-18(32)12-15)8-9-20-25(21)29(36)31(28(20)35)17-6-2-5-16(11-17)30(37)38/h2-8,10-12,20-21,24-25,32H,9,13H2,1H3,(H,37,38)/t20-,21+,24-,25-/m0/s1. The van der Waals surface area contributed by atoms with E-state index in [4.69, 9.17) is 0 Å². The molecule has 0 unspecified atom stereocenters. The van der Waals surface area contributed by atoms with Crippen LogP contribution in [-0.4, -0.2) is 39.6 Å². The number of hydrogen-bond donors (Lipinski definition) is 2. The minimum Gasteiger partial charge on any atom is -0.508 e. The van der Waals surface area contributed by atoms with Crippen LogP contribution < -0.4 is 4.90 Å². The van der Waals surface area contributed by atoms with E-state index >= 15 is 0 Å². The zero-order chi connectivity index (χ0) is 26.9. The number of allylic oxidation sites excluding steroid dienone is 6. The smallest absolute Gasteiger partial charge is 0.335 e. The van der Waals surface area contributed by atoms with Crippen molar-refractivity contribution in [3.63, 3.8) is 0 Å². The maximum atomic E-state index is 13.9. The number of Topliss-reactive ketones (excluding diaryl/α,β-unsaturated/α-hetero) is 1. The molecule has 1 aliphatic heterocycles. The summed E-state index contributed by atoms with van der Waals surface area (Å²) in [5.74, 6) is -5.11. The van der Waals surface area contributed by atoms with Crippen LogP contribution in [0.2, 0.25) is 0 Å². The van der Waals surface area contributed by atoms with Gasteiger partial charge in [0.05, 0.1) is 23.1 Å². The van der Waals surface area contributed by atoms with E-state index in [1.54, 1.807) is 25.1 Å². The molecule has 8 nitrogen and oxygen atoms in total. The predicted molar refractivity (Wildman–Crippen MR) is 135 cm³/mol. The van der Waals surface area contributed by atoms with E-state index in [1.807, 2.05) is 6.08 Å². The van der Waals surface area contributed by atoms with E-state index in [2.05, 4.69) is 0 Å². The van der Waals surface area contributed by atoms with E-state index < -0.39 is 41.5 Å². The summed E-state index contributed by atoms with van der Waals surface area (Å²) in [7, 11) is 0. The molecule has 0 bridgehead atoms. The van der Waals surface area contributed by atoms with Gasteiger partial charge in [-0.05, 0) is 67.7 Å². The van der Waals surface area contributed by atoms with Crippen molar-refractivity contribution < 1.29 is 34.2 Å². The molecule has 0 aromatic heterocycles. The van der Waals surface area contributed by atoms with Crippen molar-refractivity contribution in [1.29, 1.82) is 0 Å². The summed E-state index contributed by atoms with van der Waals surface area (Å²) in [6.07, 6.45) is 3.65.